The standard InChI is InChI=1S/C23H26N4O4/c1-15(2)20(27-23(30)31-14-16-8-4-3-5-9-16)22(29)26-19(21(25)28)12-17-10-6-7-11-18(17)13-24/h3-11,15,19-20H,12,14H2,1-2H3,(H2,25,28)(H,26,29)(H,27,30)/t19-,20-/m1/s1. The van der Waals surface area contributed by atoms with Crippen molar-refractivity contribution in [2.75, 3.05) is 0 Å². The highest BCUT2D eigenvalue weighted by Crippen LogP contribution is 2.11. The highest BCUT2D eigenvalue weighted by molar-refractivity contribution is 5.91. The number of nitriles is 1. The number of carbonyl (C=O) groups is 3. The van der Waals surface area contributed by atoms with Gasteiger partial charge in [0.1, 0.15) is 18.7 Å². The van der Waals surface area contributed by atoms with Gasteiger partial charge in [0.2, 0.25) is 11.8 Å². The van der Waals surface area contributed by atoms with Gasteiger partial charge in [-0.1, -0.05) is 62.4 Å². The maximum absolute atomic E-state index is 12.8. The van der Waals surface area contributed by atoms with Crippen molar-refractivity contribution < 1.29 is 19.1 Å². The van der Waals surface area contributed by atoms with Gasteiger partial charge in [-0.05, 0) is 23.1 Å². The zero-order valence-electron chi connectivity index (χ0n) is 17.5. The van der Waals surface area contributed by atoms with Crippen molar-refractivity contribution in [3.63, 3.8) is 0 Å². The molecule has 0 aliphatic rings. The van der Waals surface area contributed by atoms with E-state index in [1.165, 1.54) is 0 Å². The van der Waals surface area contributed by atoms with Crippen LogP contribution in [0.5, 0.6) is 0 Å². The molecular weight excluding hydrogens is 396 g/mol. The Kier molecular flexibility index (Phi) is 8.58. The molecule has 0 aliphatic carbocycles. The Balaban J connectivity index is 2.02. The fraction of sp³-hybridized carbons (Fsp3) is 0.304. The molecule has 0 saturated carbocycles. The number of amides is 3. The number of primary amides is 1. The van der Waals surface area contributed by atoms with E-state index >= 15 is 0 Å². The van der Waals surface area contributed by atoms with Crippen LogP contribution in [-0.4, -0.2) is 30.0 Å². The van der Waals surface area contributed by atoms with Crippen LogP contribution >= 0.6 is 0 Å². The van der Waals surface area contributed by atoms with Gasteiger partial charge in [-0.2, -0.15) is 5.26 Å². The van der Waals surface area contributed by atoms with Gasteiger partial charge < -0.3 is 21.1 Å². The molecule has 0 fully saturated rings. The van der Waals surface area contributed by atoms with Gasteiger partial charge in [0, 0.05) is 6.42 Å². The van der Waals surface area contributed by atoms with Crippen molar-refractivity contribution in [3.05, 3.63) is 71.3 Å². The molecule has 2 rings (SSSR count). The number of rotatable bonds is 9. The SMILES string of the molecule is CC(C)[C@@H](NC(=O)OCc1ccccc1)C(=O)N[C@H](Cc1ccccc1C#N)C(N)=O. The monoisotopic (exact) mass is 422 g/mol. The van der Waals surface area contributed by atoms with E-state index in [0.29, 0.717) is 11.1 Å². The number of alkyl carbamates (subject to hydrolysis) is 1. The first-order valence-electron chi connectivity index (χ1n) is 9.86. The molecule has 0 spiro atoms. The first-order chi connectivity index (χ1) is 14.8. The van der Waals surface area contributed by atoms with Gasteiger partial charge in [-0.15, -0.1) is 0 Å². The van der Waals surface area contributed by atoms with Crippen LogP contribution in [0.3, 0.4) is 0 Å². The smallest absolute Gasteiger partial charge is 0.408 e. The van der Waals surface area contributed by atoms with Crippen LogP contribution in [0.2, 0.25) is 0 Å². The fourth-order valence-electron chi connectivity index (χ4n) is 2.94. The summed E-state index contributed by atoms with van der Waals surface area (Å²) in [5.74, 6) is -1.58. The molecule has 0 radical (unpaired) electrons. The number of carbonyl (C=O) groups excluding carboxylic acids is 3. The Morgan fingerprint density at radius 2 is 1.68 bits per heavy atom. The lowest BCUT2D eigenvalue weighted by atomic mass is 9.99. The first kappa shape index (κ1) is 23.4. The Bertz CT molecular complexity index is 954. The summed E-state index contributed by atoms with van der Waals surface area (Å²) < 4.78 is 5.18. The van der Waals surface area contributed by atoms with Gasteiger partial charge in [-0.25, -0.2) is 4.79 Å². The maximum atomic E-state index is 12.8. The summed E-state index contributed by atoms with van der Waals surface area (Å²) in [6.45, 7) is 3.58. The molecule has 31 heavy (non-hydrogen) atoms. The molecule has 2 aromatic rings. The van der Waals surface area contributed by atoms with Gasteiger partial charge in [0.25, 0.3) is 0 Å². The summed E-state index contributed by atoms with van der Waals surface area (Å²) in [6, 6.07) is 16.0. The van der Waals surface area contributed by atoms with Crippen molar-refractivity contribution >= 4 is 17.9 Å². The Morgan fingerprint density at radius 3 is 2.29 bits per heavy atom. The molecule has 8 nitrogen and oxygen atoms in total. The fourth-order valence-corrected chi connectivity index (χ4v) is 2.94. The molecule has 162 valence electrons. The third kappa shape index (κ3) is 7.16. The molecule has 2 aromatic carbocycles. The third-order valence-corrected chi connectivity index (χ3v) is 4.66. The van der Waals surface area contributed by atoms with Crippen LogP contribution in [0.4, 0.5) is 4.79 Å². The zero-order chi connectivity index (χ0) is 22.8. The van der Waals surface area contributed by atoms with Gasteiger partial charge in [-0.3, -0.25) is 9.59 Å². The summed E-state index contributed by atoms with van der Waals surface area (Å²) in [4.78, 5) is 36.9. The topological polar surface area (TPSA) is 134 Å². The molecule has 0 bridgehead atoms. The van der Waals surface area contributed by atoms with Crippen molar-refractivity contribution in [2.24, 2.45) is 11.7 Å². The van der Waals surface area contributed by atoms with Gasteiger partial charge in [0.15, 0.2) is 0 Å². The normalized spacial score (nSPS) is 12.3. The van der Waals surface area contributed by atoms with Crippen LogP contribution in [-0.2, 0) is 27.4 Å². The van der Waals surface area contributed by atoms with E-state index in [1.54, 1.807) is 38.1 Å². The zero-order valence-corrected chi connectivity index (χ0v) is 17.5. The Morgan fingerprint density at radius 1 is 1.03 bits per heavy atom. The molecular formula is C23H26N4O4. The molecule has 3 amide bonds. The molecule has 0 aromatic heterocycles. The number of hydrogen-bond donors (Lipinski definition) is 3. The summed E-state index contributed by atoms with van der Waals surface area (Å²) >= 11 is 0. The number of ether oxygens (including phenoxy) is 1. The van der Waals surface area contributed by atoms with E-state index in [0.717, 1.165) is 5.56 Å². The second kappa shape index (κ2) is 11.4. The molecule has 4 N–H and O–H groups in total. The summed E-state index contributed by atoms with van der Waals surface area (Å²) in [6.07, 6.45) is -0.684. The van der Waals surface area contributed by atoms with Crippen molar-refractivity contribution in [1.29, 1.82) is 5.26 Å². The van der Waals surface area contributed by atoms with E-state index in [4.69, 9.17) is 10.5 Å². The minimum atomic E-state index is -1.04. The van der Waals surface area contributed by atoms with Gasteiger partial charge in [0.05, 0.1) is 11.6 Å². The van der Waals surface area contributed by atoms with Crippen molar-refractivity contribution in [1.82, 2.24) is 10.6 Å². The highest BCUT2D eigenvalue weighted by Gasteiger charge is 2.29. The lowest BCUT2D eigenvalue weighted by Gasteiger charge is -2.24. The average molecular weight is 422 g/mol. The second-order valence-electron chi connectivity index (χ2n) is 7.36. The van der Waals surface area contributed by atoms with E-state index in [9.17, 15) is 19.6 Å². The molecule has 0 unspecified atom stereocenters. The van der Waals surface area contributed by atoms with Crippen LogP contribution in [0, 0.1) is 17.2 Å². The van der Waals surface area contributed by atoms with E-state index in [2.05, 4.69) is 10.6 Å². The number of hydrogen-bond acceptors (Lipinski definition) is 5. The highest BCUT2D eigenvalue weighted by atomic mass is 16.5. The largest absolute Gasteiger partial charge is 0.445 e. The van der Waals surface area contributed by atoms with Crippen LogP contribution in [0.15, 0.2) is 54.6 Å². The van der Waals surface area contributed by atoms with Gasteiger partial charge >= 0.3 is 6.09 Å². The maximum Gasteiger partial charge on any atom is 0.408 e. The quantitative estimate of drug-likeness (QED) is 0.568. The van der Waals surface area contributed by atoms with Crippen LogP contribution in [0.25, 0.3) is 0 Å². The molecule has 2 atom stereocenters. The van der Waals surface area contributed by atoms with Crippen LogP contribution in [0.1, 0.15) is 30.5 Å². The van der Waals surface area contributed by atoms with Crippen molar-refractivity contribution in [2.45, 2.75) is 39.0 Å². The van der Waals surface area contributed by atoms with E-state index in [-0.39, 0.29) is 18.9 Å². The third-order valence-electron chi connectivity index (χ3n) is 4.66. The predicted molar refractivity (Wildman–Crippen MR) is 114 cm³/mol. The molecule has 8 heteroatoms. The minimum absolute atomic E-state index is 0.0635. The van der Waals surface area contributed by atoms with E-state index < -0.39 is 30.0 Å². The molecule has 0 saturated heterocycles. The average Bonchev–Trinajstić information content (AvgIpc) is 2.76. The Hall–Kier alpha value is -3.86. The summed E-state index contributed by atoms with van der Waals surface area (Å²) in [7, 11) is 0. The first-order valence-corrected chi connectivity index (χ1v) is 9.86. The van der Waals surface area contributed by atoms with E-state index in [1.807, 2.05) is 36.4 Å². The van der Waals surface area contributed by atoms with Crippen molar-refractivity contribution in [3.8, 4) is 6.07 Å². The lowest BCUT2D eigenvalue weighted by Crippen LogP contribution is -2.55. The second-order valence-corrected chi connectivity index (χ2v) is 7.36. The number of nitrogens with one attached hydrogen (secondary N) is 2. The molecule has 0 heterocycles. The minimum Gasteiger partial charge on any atom is -0.445 e. The molecule has 0 aliphatic heterocycles. The summed E-state index contributed by atoms with van der Waals surface area (Å²) in [5, 5.41) is 14.4. The summed E-state index contributed by atoms with van der Waals surface area (Å²) in [5.41, 5.74) is 7.26. The number of nitrogens with zero attached hydrogens (tertiary/aromatic N) is 1. The number of nitrogens with two attached hydrogens (primary N) is 1. The lowest BCUT2D eigenvalue weighted by molar-refractivity contribution is -0.129. The predicted octanol–water partition coefficient (Wildman–Crippen LogP) is 2.02. The van der Waals surface area contributed by atoms with Crippen LogP contribution < -0.4 is 16.4 Å². The number of benzene rings is 2. The Labute approximate surface area is 181 Å².